The Morgan fingerprint density at radius 3 is 2.75 bits per heavy atom. The van der Waals surface area contributed by atoms with Gasteiger partial charge in [0.15, 0.2) is 0 Å². The molecule has 0 bridgehead atoms. The fourth-order valence-electron chi connectivity index (χ4n) is 1.10. The van der Waals surface area contributed by atoms with Crippen molar-refractivity contribution in [3.63, 3.8) is 0 Å². The third-order valence-corrected chi connectivity index (χ3v) is 2.06. The van der Waals surface area contributed by atoms with E-state index in [1.807, 2.05) is 0 Å². The lowest BCUT2D eigenvalue weighted by molar-refractivity contribution is 0.114. The maximum absolute atomic E-state index is 8.94. The summed E-state index contributed by atoms with van der Waals surface area (Å²) in [6.45, 7) is 0. The normalized spacial score (nSPS) is 17.0. The molecule has 1 aromatic rings. The summed E-state index contributed by atoms with van der Waals surface area (Å²) >= 11 is 0. The maximum atomic E-state index is 8.94. The van der Waals surface area contributed by atoms with Gasteiger partial charge >= 0.3 is 0 Å². The molecule has 2 rings (SSSR count). The Morgan fingerprint density at radius 2 is 2.25 bits per heavy atom. The molecule has 0 unspecified atom stereocenters. The van der Waals surface area contributed by atoms with Gasteiger partial charge in [-0.25, -0.2) is 4.98 Å². The molecule has 1 heterocycles. The van der Waals surface area contributed by atoms with Gasteiger partial charge in [-0.3, -0.25) is 0 Å². The Bertz CT molecular complexity index is 254. The molecule has 0 amide bonds. The van der Waals surface area contributed by atoms with E-state index in [9.17, 15) is 0 Å². The van der Waals surface area contributed by atoms with Crippen molar-refractivity contribution in [1.82, 2.24) is 4.98 Å². The number of nitrogens with zero attached hydrogens (tertiary/aromatic N) is 1. The van der Waals surface area contributed by atoms with Crippen molar-refractivity contribution in [1.29, 1.82) is 0 Å². The van der Waals surface area contributed by atoms with E-state index < -0.39 is 0 Å². The van der Waals surface area contributed by atoms with Crippen molar-refractivity contribution in [3.05, 3.63) is 18.3 Å². The van der Waals surface area contributed by atoms with Crippen molar-refractivity contribution < 1.29 is 9.84 Å². The van der Waals surface area contributed by atoms with Gasteiger partial charge in [-0.1, -0.05) is 0 Å². The van der Waals surface area contributed by atoms with Crippen LogP contribution in [0.3, 0.4) is 0 Å². The Labute approximate surface area is 71.0 Å². The van der Waals surface area contributed by atoms with Gasteiger partial charge in [0.05, 0.1) is 6.20 Å². The van der Waals surface area contributed by atoms with Crippen LogP contribution in [0.15, 0.2) is 18.3 Å². The summed E-state index contributed by atoms with van der Waals surface area (Å²) in [5.41, 5.74) is 0. The number of hydrogen-bond donors (Lipinski definition) is 1. The standard InChI is InChI=1S/C9H11NO2/c11-7-4-5-9(10-6-7)12-8-2-1-3-8/h4-6,8,11H,1-3H2. The highest BCUT2D eigenvalue weighted by Gasteiger charge is 2.19. The van der Waals surface area contributed by atoms with E-state index in [1.165, 1.54) is 12.6 Å². The van der Waals surface area contributed by atoms with Crippen LogP contribution in [-0.4, -0.2) is 16.2 Å². The van der Waals surface area contributed by atoms with E-state index in [0.717, 1.165) is 12.8 Å². The zero-order chi connectivity index (χ0) is 8.39. The summed E-state index contributed by atoms with van der Waals surface area (Å²) in [5.74, 6) is 0.786. The molecule has 0 aromatic carbocycles. The van der Waals surface area contributed by atoms with E-state index in [1.54, 1.807) is 12.1 Å². The van der Waals surface area contributed by atoms with Crippen LogP contribution in [0.4, 0.5) is 0 Å². The molecule has 0 aliphatic heterocycles. The molecule has 1 N–H and O–H groups in total. The minimum absolute atomic E-state index is 0.177. The van der Waals surface area contributed by atoms with Crippen molar-refractivity contribution in [3.8, 4) is 11.6 Å². The highest BCUT2D eigenvalue weighted by Crippen LogP contribution is 2.24. The molecule has 1 aliphatic rings. The van der Waals surface area contributed by atoms with Gasteiger partial charge in [0, 0.05) is 6.07 Å². The van der Waals surface area contributed by atoms with Gasteiger partial charge in [-0.15, -0.1) is 0 Å². The number of aromatic hydroxyl groups is 1. The van der Waals surface area contributed by atoms with Crippen LogP contribution < -0.4 is 4.74 Å². The summed E-state index contributed by atoms with van der Waals surface area (Å²) in [4.78, 5) is 3.93. The molecule has 1 aliphatic carbocycles. The number of rotatable bonds is 2. The molecular weight excluding hydrogens is 154 g/mol. The molecule has 1 saturated carbocycles. The van der Waals surface area contributed by atoms with Gasteiger partial charge < -0.3 is 9.84 Å². The molecular formula is C9H11NO2. The van der Waals surface area contributed by atoms with Gasteiger partial charge in [0.25, 0.3) is 0 Å². The van der Waals surface area contributed by atoms with Crippen molar-refractivity contribution >= 4 is 0 Å². The van der Waals surface area contributed by atoms with Crippen LogP contribution in [0, 0.1) is 0 Å². The Morgan fingerprint density at radius 1 is 1.42 bits per heavy atom. The number of ether oxygens (including phenoxy) is 1. The minimum atomic E-state index is 0.177. The molecule has 3 heteroatoms. The summed E-state index contributed by atoms with van der Waals surface area (Å²) in [7, 11) is 0. The Kier molecular flexibility index (Phi) is 1.86. The predicted molar refractivity (Wildman–Crippen MR) is 44.2 cm³/mol. The predicted octanol–water partition coefficient (Wildman–Crippen LogP) is 1.72. The lowest BCUT2D eigenvalue weighted by Crippen LogP contribution is -2.24. The summed E-state index contributed by atoms with van der Waals surface area (Å²) in [6, 6.07) is 3.27. The zero-order valence-corrected chi connectivity index (χ0v) is 6.73. The zero-order valence-electron chi connectivity index (χ0n) is 6.73. The number of pyridine rings is 1. The van der Waals surface area contributed by atoms with Crippen molar-refractivity contribution in [2.75, 3.05) is 0 Å². The van der Waals surface area contributed by atoms with Gasteiger partial charge in [0.2, 0.25) is 5.88 Å². The van der Waals surface area contributed by atoms with Crippen LogP contribution in [0.25, 0.3) is 0 Å². The van der Waals surface area contributed by atoms with Crippen LogP contribution in [0.1, 0.15) is 19.3 Å². The quantitative estimate of drug-likeness (QED) is 0.725. The average molecular weight is 165 g/mol. The smallest absolute Gasteiger partial charge is 0.213 e. The Hall–Kier alpha value is -1.25. The fraction of sp³-hybridized carbons (Fsp3) is 0.444. The van der Waals surface area contributed by atoms with Crippen molar-refractivity contribution in [2.24, 2.45) is 0 Å². The van der Waals surface area contributed by atoms with Gasteiger partial charge in [-0.05, 0) is 25.3 Å². The van der Waals surface area contributed by atoms with Crippen molar-refractivity contribution in [2.45, 2.75) is 25.4 Å². The lowest BCUT2D eigenvalue weighted by atomic mass is 9.96. The first-order chi connectivity index (χ1) is 5.84. The molecule has 0 spiro atoms. The fourth-order valence-corrected chi connectivity index (χ4v) is 1.10. The SMILES string of the molecule is Oc1ccc(OC2CCC2)nc1. The first-order valence-electron chi connectivity index (χ1n) is 4.16. The van der Waals surface area contributed by atoms with Gasteiger partial charge in [0.1, 0.15) is 11.9 Å². The lowest BCUT2D eigenvalue weighted by Gasteiger charge is -2.25. The topological polar surface area (TPSA) is 42.4 Å². The highest BCUT2D eigenvalue weighted by atomic mass is 16.5. The van der Waals surface area contributed by atoms with Gasteiger partial charge in [-0.2, -0.15) is 0 Å². The Balaban J connectivity index is 1.98. The number of hydrogen-bond acceptors (Lipinski definition) is 3. The van der Waals surface area contributed by atoms with Crippen LogP contribution in [-0.2, 0) is 0 Å². The monoisotopic (exact) mass is 165 g/mol. The second-order valence-electron chi connectivity index (χ2n) is 3.03. The highest BCUT2D eigenvalue weighted by molar-refractivity contribution is 5.21. The van der Waals surface area contributed by atoms with E-state index in [4.69, 9.17) is 9.84 Å². The third-order valence-electron chi connectivity index (χ3n) is 2.06. The van der Waals surface area contributed by atoms with E-state index in [0.29, 0.717) is 12.0 Å². The van der Waals surface area contributed by atoms with Crippen LogP contribution in [0.5, 0.6) is 11.6 Å². The minimum Gasteiger partial charge on any atom is -0.506 e. The summed E-state index contributed by atoms with van der Waals surface area (Å²) < 4.78 is 5.48. The second-order valence-corrected chi connectivity index (χ2v) is 3.03. The molecule has 12 heavy (non-hydrogen) atoms. The average Bonchev–Trinajstić information content (AvgIpc) is 2.00. The molecule has 0 saturated heterocycles. The van der Waals surface area contributed by atoms with Crippen LogP contribution in [0.2, 0.25) is 0 Å². The largest absolute Gasteiger partial charge is 0.506 e. The molecule has 1 aromatic heterocycles. The molecule has 0 atom stereocenters. The molecule has 1 fully saturated rings. The summed E-state index contributed by atoms with van der Waals surface area (Å²) in [6.07, 6.45) is 5.25. The first-order valence-corrected chi connectivity index (χ1v) is 4.16. The second kappa shape index (κ2) is 3.01. The molecule has 3 nitrogen and oxygen atoms in total. The number of aromatic nitrogens is 1. The molecule has 64 valence electrons. The first kappa shape index (κ1) is 7.40. The maximum Gasteiger partial charge on any atom is 0.213 e. The third kappa shape index (κ3) is 1.49. The van der Waals surface area contributed by atoms with E-state index in [2.05, 4.69) is 4.98 Å². The summed E-state index contributed by atoms with van der Waals surface area (Å²) in [5, 5.41) is 8.94. The molecule has 0 radical (unpaired) electrons. The van der Waals surface area contributed by atoms with E-state index in [-0.39, 0.29) is 5.75 Å². The van der Waals surface area contributed by atoms with Crippen LogP contribution >= 0.6 is 0 Å². The van der Waals surface area contributed by atoms with E-state index >= 15 is 0 Å².